The van der Waals surface area contributed by atoms with Crippen LogP contribution in [0.2, 0.25) is 0 Å². The van der Waals surface area contributed by atoms with Crippen LogP contribution < -0.4 is 10.5 Å². The normalized spacial score (nSPS) is 26.6. The van der Waals surface area contributed by atoms with E-state index in [1.807, 2.05) is 0 Å². The van der Waals surface area contributed by atoms with E-state index in [-0.39, 0.29) is 24.3 Å². The molecule has 0 aromatic rings. The number of hydrogen-bond donors (Lipinski definition) is 3. The highest BCUT2D eigenvalue weighted by Crippen LogP contribution is 2.17. The third-order valence-corrected chi connectivity index (χ3v) is 4.14. The SMILES string of the molecule is NC1CCCCC1NS(=O)(=O)CCC(=O)O. The summed E-state index contributed by atoms with van der Waals surface area (Å²) < 4.78 is 25.5. The molecule has 2 atom stereocenters. The van der Waals surface area contributed by atoms with Gasteiger partial charge >= 0.3 is 5.97 Å². The Morgan fingerprint density at radius 2 is 2.00 bits per heavy atom. The number of rotatable bonds is 5. The summed E-state index contributed by atoms with van der Waals surface area (Å²) in [7, 11) is -3.52. The highest BCUT2D eigenvalue weighted by molar-refractivity contribution is 7.89. The lowest BCUT2D eigenvalue weighted by Gasteiger charge is -2.28. The van der Waals surface area contributed by atoms with Crippen molar-refractivity contribution >= 4 is 16.0 Å². The number of aliphatic carboxylic acids is 1. The van der Waals surface area contributed by atoms with Gasteiger partial charge in [-0.3, -0.25) is 4.79 Å². The van der Waals surface area contributed by atoms with Gasteiger partial charge in [-0.05, 0) is 12.8 Å². The number of carboxylic acid groups (broad SMARTS) is 1. The Kier molecular flexibility index (Phi) is 4.69. The molecule has 0 heterocycles. The molecule has 6 nitrogen and oxygen atoms in total. The summed E-state index contributed by atoms with van der Waals surface area (Å²) in [6.45, 7) is 0. The molecule has 1 rings (SSSR count). The molecule has 16 heavy (non-hydrogen) atoms. The molecule has 0 bridgehead atoms. The number of sulfonamides is 1. The first-order valence-electron chi connectivity index (χ1n) is 5.38. The summed E-state index contributed by atoms with van der Waals surface area (Å²) in [5.41, 5.74) is 5.80. The van der Waals surface area contributed by atoms with Gasteiger partial charge in [-0.2, -0.15) is 0 Å². The van der Waals surface area contributed by atoms with Crippen LogP contribution in [0.25, 0.3) is 0 Å². The Balaban J connectivity index is 2.47. The second-order valence-corrected chi connectivity index (χ2v) is 6.01. The molecule has 1 saturated carbocycles. The van der Waals surface area contributed by atoms with Crippen molar-refractivity contribution in [3.05, 3.63) is 0 Å². The van der Waals surface area contributed by atoms with E-state index in [0.29, 0.717) is 0 Å². The fourth-order valence-electron chi connectivity index (χ4n) is 1.82. The highest BCUT2D eigenvalue weighted by atomic mass is 32.2. The minimum Gasteiger partial charge on any atom is -0.481 e. The summed E-state index contributed by atoms with van der Waals surface area (Å²) in [4.78, 5) is 10.3. The minimum atomic E-state index is -3.52. The van der Waals surface area contributed by atoms with Crippen molar-refractivity contribution in [2.24, 2.45) is 5.73 Å². The molecule has 1 fully saturated rings. The topological polar surface area (TPSA) is 109 Å². The zero-order chi connectivity index (χ0) is 12.2. The summed E-state index contributed by atoms with van der Waals surface area (Å²) in [5.74, 6) is -1.50. The Morgan fingerprint density at radius 3 is 2.56 bits per heavy atom. The fourth-order valence-corrected chi connectivity index (χ4v) is 3.13. The van der Waals surface area contributed by atoms with Crippen LogP contribution in [0, 0.1) is 0 Å². The zero-order valence-corrected chi connectivity index (χ0v) is 9.87. The maximum atomic E-state index is 11.5. The number of nitrogens with two attached hydrogens (primary N) is 1. The summed E-state index contributed by atoms with van der Waals surface area (Å²) in [5, 5.41) is 8.42. The molecular formula is C9H18N2O4S. The van der Waals surface area contributed by atoms with Gasteiger partial charge < -0.3 is 10.8 Å². The lowest BCUT2D eigenvalue weighted by Crippen LogP contribution is -2.49. The standard InChI is InChI=1S/C9H18N2O4S/c10-7-3-1-2-4-8(7)11-16(14,15)6-5-9(12)13/h7-8,11H,1-6,10H2,(H,12,13). The van der Waals surface area contributed by atoms with Gasteiger partial charge in [0.25, 0.3) is 0 Å². The number of carbonyl (C=O) groups is 1. The van der Waals surface area contributed by atoms with Crippen molar-refractivity contribution < 1.29 is 18.3 Å². The van der Waals surface area contributed by atoms with E-state index in [0.717, 1.165) is 25.7 Å². The molecular weight excluding hydrogens is 232 g/mol. The molecule has 0 aromatic heterocycles. The van der Waals surface area contributed by atoms with E-state index in [1.165, 1.54) is 0 Å². The molecule has 0 radical (unpaired) electrons. The molecule has 1 aliphatic rings. The van der Waals surface area contributed by atoms with Gasteiger partial charge in [-0.15, -0.1) is 0 Å². The summed E-state index contributed by atoms with van der Waals surface area (Å²) >= 11 is 0. The zero-order valence-electron chi connectivity index (χ0n) is 9.05. The van der Waals surface area contributed by atoms with Crippen LogP contribution in [0.3, 0.4) is 0 Å². The number of hydrogen-bond acceptors (Lipinski definition) is 4. The first kappa shape index (κ1) is 13.4. The van der Waals surface area contributed by atoms with Crippen LogP contribution in [0.1, 0.15) is 32.1 Å². The third-order valence-electron chi connectivity index (χ3n) is 2.74. The predicted octanol–water partition coefficient (Wildman–Crippen LogP) is -0.350. The largest absolute Gasteiger partial charge is 0.481 e. The van der Waals surface area contributed by atoms with E-state index >= 15 is 0 Å². The van der Waals surface area contributed by atoms with Crippen LogP contribution in [-0.4, -0.2) is 37.3 Å². The Labute approximate surface area is 95.3 Å². The van der Waals surface area contributed by atoms with Crippen LogP contribution in [0.15, 0.2) is 0 Å². The molecule has 0 saturated heterocycles. The second-order valence-electron chi connectivity index (χ2n) is 4.14. The third kappa shape index (κ3) is 4.46. The molecule has 94 valence electrons. The molecule has 0 amide bonds. The van der Waals surface area contributed by atoms with Gasteiger partial charge in [-0.1, -0.05) is 12.8 Å². The second kappa shape index (κ2) is 5.60. The van der Waals surface area contributed by atoms with E-state index in [9.17, 15) is 13.2 Å². The lowest BCUT2D eigenvalue weighted by molar-refractivity contribution is -0.136. The Bertz CT molecular complexity index is 341. The summed E-state index contributed by atoms with van der Waals surface area (Å²) in [6, 6.07) is -0.402. The van der Waals surface area contributed by atoms with Gasteiger partial charge in [0.1, 0.15) is 0 Å². The van der Waals surface area contributed by atoms with Gasteiger partial charge in [0.05, 0.1) is 12.2 Å². The first-order valence-corrected chi connectivity index (χ1v) is 7.03. The molecule has 0 aliphatic heterocycles. The van der Waals surface area contributed by atoms with Crippen molar-refractivity contribution in [3.8, 4) is 0 Å². The fraction of sp³-hybridized carbons (Fsp3) is 0.889. The molecule has 7 heteroatoms. The molecule has 1 aliphatic carbocycles. The van der Waals surface area contributed by atoms with E-state index in [1.54, 1.807) is 0 Å². The van der Waals surface area contributed by atoms with E-state index in [2.05, 4.69) is 4.72 Å². The molecule has 0 aromatic carbocycles. The van der Waals surface area contributed by atoms with E-state index in [4.69, 9.17) is 10.8 Å². The van der Waals surface area contributed by atoms with Crippen LogP contribution in [0.4, 0.5) is 0 Å². The van der Waals surface area contributed by atoms with Gasteiger partial charge in [-0.25, -0.2) is 13.1 Å². The van der Waals surface area contributed by atoms with Crippen molar-refractivity contribution in [1.82, 2.24) is 4.72 Å². The van der Waals surface area contributed by atoms with Crippen LogP contribution >= 0.6 is 0 Å². The molecule has 2 unspecified atom stereocenters. The summed E-state index contributed by atoms with van der Waals surface area (Å²) in [6.07, 6.45) is 3.14. The van der Waals surface area contributed by atoms with Gasteiger partial charge in [0.2, 0.25) is 10.0 Å². The minimum absolute atomic E-state index is 0.159. The first-order chi connectivity index (χ1) is 7.41. The quantitative estimate of drug-likeness (QED) is 0.618. The predicted molar refractivity (Wildman–Crippen MR) is 59.4 cm³/mol. The maximum Gasteiger partial charge on any atom is 0.304 e. The van der Waals surface area contributed by atoms with Gasteiger partial charge in [0, 0.05) is 12.1 Å². The monoisotopic (exact) mass is 250 g/mol. The Morgan fingerprint density at radius 1 is 1.38 bits per heavy atom. The van der Waals surface area contributed by atoms with Crippen molar-refractivity contribution in [1.29, 1.82) is 0 Å². The molecule has 0 spiro atoms. The highest BCUT2D eigenvalue weighted by Gasteiger charge is 2.26. The van der Waals surface area contributed by atoms with Crippen molar-refractivity contribution in [2.45, 2.75) is 44.2 Å². The van der Waals surface area contributed by atoms with E-state index < -0.39 is 16.0 Å². The van der Waals surface area contributed by atoms with Crippen LogP contribution in [-0.2, 0) is 14.8 Å². The van der Waals surface area contributed by atoms with Gasteiger partial charge in [0.15, 0.2) is 0 Å². The maximum absolute atomic E-state index is 11.5. The smallest absolute Gasteiger partial charge is 0.304 e. The van der Waals surface area contributed by atoms with Crippen molar-refractivity contribution in [3.63, 3.8) is 0 Å². The number of carboxylic acids is 1. The number of nitrogens with one attached hydrogen (secondary N) is 1. The Hall–Kier alpha value is -0.660. The average Bonchev–Trinajstić information content (AvgIpc) is 2.19. The molecule has 4 N–H and O–H groups in total. The van der Waals surface area contributed by atoms with Crippen molar-refractivity contribution in [2.75, 3.05) is 5.75 Å². The average molecular weight is 250 g/mol. The van der Waals surface area contributed by atoms with Crippen LogP contribution in [0.5, 0.6) is 0 Å². The lowest BCUT2D eigenvalue weighted by atomic mass is 9.92.